The first kappa shape index (κ1) is 19.6. The summed E-state index contributed by atoms with van der Waals surface area (Å²) in [5.41, 5.74) is 3.15. The molecule has 0 bridgehead atoms. The van der Waals surface area contributed by atoms with Crippen molar-refractivity contribution in [3.8, 4) is 5.75 Å². The molecule has 2 amide bonds. The molecule has 0 aliphatic heterocycles. The van der Waals surface area contributed by atoms with Gasteiger partial charge in [-0.25, -0.2) is 4.98 Å². The van der Waals surface area contributed by atoms with Crippen LogP contribution in [0.25, 0.3) is 0 Å². The molecule has 0 unspecified atom stereocenters. The van der Waals surface area contributed by atoms with E-state index in [0.29, 0.717) is 28.6 Å². The minimum absolute atomic E-state index is 0.141. The molecule has 0 radical (unpaired) electrons. The maximum atomic E-state index is 12.6. The third-order valence-corrected chi connectivity index (χ3v) is 5.02. The lowest BCUT2D eigenvalue weighted by molar-refractivity contribution is -0.114. The Labute approximate surface area is 167 Å². The number of benzene rings is 2. The summed E-state index contributed by atoms with van der Waals surface area (Å²) in [6.45, 7) is 5.59. The molecular weight excluding hydrogens is 374 g/mol. The summed E-state index contributed by atoms with van der Waals surface area (Å²) < 4.78 is 5.74. The van der Waals surface area contributed by atoms with E-state index in [9.17, 15) is 9.59 Å². The van der Waals surface area contributed by atoms with Gasteiger partial charge in [0.25, 0.3) is 5.91 Å². The molecule has 0 atom stereocenters. The van der Waals surface area contributed by atoms with Crippen LogP contribution in [0.2, 0.25) is 0 Å². The number of aryl methyl sites for hydroxylation is 2. The minimum atomic E-state index is -0.219. The van der Waals surface area contributed by atoms with Crippen molar-refractivity contribution in [1.82, 2.24) is 4.98 Å². The van der Waals surface area contributed by atoms with Crippen LogP contribution in [0.4, 0.5) is 11.4 Å². The van der Waals surface area contributed by atoms with Gasteiger partial charge in [-0.2, -0.15) is 0 Å². The number of thiazole rings is 1. The molecule has 0 saturated carbocycles. The lowest BCUT2D eigenvalue weighted by Gasteiger charge is -2.06. The van der Waals surface area contributed by atoms with Crippen molar-refractivity contribution in [2.24, 2.45) is 0 Å². The minimum Gasteiger partial charge on any atom is -0.486 e. The fourth-order valence-electron chi connectivity index (χ4n) is 2.53. The predicted octanol–water partition coefficient (Wildman–Crippen LogP) is 4.55. The largest absolute Gasteiger partial charge is 0.486 e. The number of nitrogens with zero attached hydrogens (tertiary/aromatic N) is 1. The number of carbonyl (C=O) groups excluding carboxylic acids is 2. The number of hydrogen-bond acceptors (Lipinski definition) is 5. The first-order valence-corrected chi connectivity index (χ1v) is 9.57. The first-order valence-electron chi connectivity index (χ1n) is 8.75. The number of nitrogens with one attached hydrogen (secondary N) is 2. The summed E-state index contributed by atoms with van der Waals surface area (Å²) >= 11 is 1.32. The Hall–Kier alpha value is -3.19. The first-order chi connectivity index (χ1) is 13.4. The number of ether oxygens (including phenoxy) is 1. The van der Waals surface area contributed by atoms with Crippen molar-refractivity contribution in [2.75, 3.05) is 10.6 Å². The molecule has 144 valence electrons. The van der Waals surface area contributed by atoms with Gasteiger partial charge in [0, 0.05) is 18.3 Å². The van der Waals surface area contributed by atoms with Crippen LogP contribution in [-0.2, 0) is 11.4 Å². The Balaban J connectivity index is 1.62. The van der Waals surface area contributed by atoms with E-state index in [1.807, 2.05) is 31.2 Å². The Kier molecular flexibility index (Phi) is 6.06. The molecule has 1 heterocycles. The van der Waals surface area contributed by atoms with E-state index in [1.165, 1.54) is 23.8 Å². The monoisotopic (exact) mass is 395 g/mol. The summed E-state index contributed by atoms with van der Waals surface area (Å²) in [5.74, 6) is 0.407. The quantitative estimate of drug-likeness (QED) is 0.642. The van der Waals surface area contributed by atoms with Crippen molar-refractivity contribution >= 4 is 34.5 Å². The summed E-state index contributed by atoms with van der Waals surface area (Å²) in [6.07, 6.45) is 0. The maximum absolute atomic E-state index is 12.6. The Morgan fingerprint density at radius 1 is 0.964 bits per heavy atom. The number of carbonyl (C=O) groups is 2. The number of anilines is 2. The third kappa shape index (κ3) is 5.17. The molecule has 1 aromatic heterocycles. The fraction of sp³-hybridized carbons (Fsp3) is 0.190. The van der Waals surface area contributed by atoms with E-state index < -0.39 is 0 Å². The molecule has 3 aromatic rings. The zero-order valence-electron chi connectivity index (χ0n) is 15.9. The van der Waals surface area contributed by atoms with Gasteiger partial charge < -0.3 is 15.4 Å². The van der Waals surface area contributed by atoms with E-state index in [-0.39, 0.29) is 11.8 Å². The van der Waals surface area contributed by atoms with Crippen molar-refractivity contribution < 1.29 is 14.3 Å². The molecule has 0 aliphatic rings. The molecule has 0 fully saturated rings. The summed E-state index contributed by atoms with van der Waals surface area (Å²) in [4.78, 5) is 28.6. The lowest BCUT2D eigenvalue weighted by Crippen LogP contribution is -2.11. The molecule has 7 heteroatoms. The lowest BCUT2D eigenvalue weighted by atomic mass is 10.2. The summed E-state index contributed by atoms with van der Waals surface area (Å²) in [7, 11) is 0. The molecule has 0 spiro atoms. The highest BCUT2D eigenvalue weighted by Crippen LogP contribution is 2.22. The highest BCUT2D eigenvalue weighted by Gasteiger charge is 2.16. The normalized spacial score (nSPS) is 10.4. The molecule has 2 N–H and O–H groups in total. The highest BCUT2D eigenvalue weighted by atomic mass is 32.1. The zero-order chi connectivity index (χ0) is 20.1. The highest BCUT2D eigenvalue weighted by molar-refractivity contribution is 7.13. The number of hydrogen-bond donors (Lipinski definition) is 2. The summed E-state index contributed by atoms with van der Waals surface area (Å²) in [6, 6.07) is 14.7. The fourth-order valence-corrected chi connectivity index (χ4v) is 3.41. The van der Waals surface area contributed by atoms with Gasteiger partial charge in [0.1, 0.15) is 22.2 Å². The van der Waals surface area contributed by atoms with Crippen LogP contribution in [0.5, 0.6) is 5.75 Å². The number of amides is 2. The topological polar surface area (TPSA) is 80.3 Å². The number of aromatic nitrogens is 1. The second kappa shape index (κ2) is 8.67. The van der Waals surface area contributed by atoms with Crippen LogP contribution in [0.3, 0.4) is 0 Å². The van der Waals surface area contributed by atoms with E-state index >= 15 is 0 Å². The predicted molar refractivity (Wildman–Crippen MR) is 111 cm³/mol. The van der Waals surface area contributed by atoms with Crippen molar-refractivity contribution in [3.63, 3.8) is 0 Å². The van der Waals surface area contributed by atoms with Crippen molar-refractivity contribution in [3.05, 3.63) is 69.7 Å². The smallest absolute Gasteiger partial charge is 0.267 e. The standard InChI is InChI=1S/C21H21N3O3S/c1-13-4-10-18(11-5-13)27-12-19-22-14(2)20(28-19)21(26)24-17-8-6-16(7-9-17)23-15(3)25/h4-11H,12H2,1-3H3,(H,23,25)(H,24,26). The molecular formula is C21H21N3O3S. The van der Waals surface area contributed by atoms with Crippen molar-refractivity contribution in [1.29, 1.82) is 0 Å². The van der Waals surface area contributed by atoms with Crippen LogP contribution < -0.4 is 15.4 Å². The Morgan fingerprint density at radius 2 is 1.57 bits per heavy atom. The molecule has 0 aliphatic carbocycles. The molecule has 28 heavy (non-hydrogen) atoms. The SMILES string of the molecule is CC(=O)Nc1ccc(NC(=O)c2sc(COc3ccc(C)cc3)nc2C)cc1. The van der Waals surface area contributed by atoms with Gasteiger partial charge in [-0.3, -0.25) is 9.59 Å². The molecule has 0 saturated heterocycles. The van der Waals surface area contributed by atoms with E-state index in [4.69, 9.17) is 4.74 Å². The second-order valence-corrected chi connectivity index (χ2v) is 7.42. The van der Waals surface area contributed by atoms with Gasteiger partial charge in [0.05, 0.1) is 5.69 Å². The van der Waals surface area contributed by atoms with Crippen LogP contribution in [-0.4, -0.2) is 16.8 Å². The van der Waals surface area contributed by atoms with Gasteiger partial charge in [-0.1, -0.05) is 17.7 Å². The van der Waals surface area contributed by atoms with Crippen LogP contribution in [0.15, 0.2) is 48.5 Å². The van der Waals surface area contributed by atoms with Gasteiger partial charge in [-0.05, 0) is 50.2 Å². The Bertz CT molecular complexity index is 979. The van der Waals surface area contributed by atoms with Gasteiger partial charge in [0.15, 0.2) is 0 Å². The van der Waals surface area contributed by atoms with Crippen LogP contribution in [0, 0.1) is 13.8 Å². The Morgan fingerprint density at radius 3 is 2.18 bits per heavy atom. The van der Waals surface area contributed by atoms with Crippen LogP contribution >= 0.6 is 11.3 Å². The van der Waals surface area contributed by atoms with Crippen molar-refractivity contribution in [2.45, 2.75) is 27.4 Å². The number of rotatable bonds is 6. The molecule has 2 aromatic carbocycles. The molecule has 3 rings (SSSR count). The van der Waals surface area contributed by atoms with E-state index in [1.54, 1.807) is 31.2 Å². The third-order valence-electron chi connectivity index (χ3n) is 3.89. The van der Waals surface area contributed by atoms with Gasteiger partial charge >= 0.3 is 0 Å². The van der Waals surface area contributed by atoms with Crippen LogP contribution in [0.1, 0.15) is 32.9 Å². The maximum Gasteiger partial charge on any atom is 0.267 e. The zero-order valence-corrected chi connectivity index (χ0v) is 16.7. The van der Waals surface area contributed by atoms with Gasteiger partial charge in [-0.15, -0.1) is 11.3 Å². The average Bonchev–Trinajstić information content (AvgIpc) is 3.03. The van der Waals surface area contributed by atoms with E-state index in [2.05, 4.69) is 15.6 Å². The van der Waals surface area contributed by atoms with Gasteiger partial charge in [0.2, 0.25) is 5.91 Å². The summed E-state index contributed by atoms with van der Waals surface area (Å²) in [5, 5.41) is 6.28. The van der Waals surface area contributed by atoms with E-state index in [0.717, 1.165) is 10.8 Å². The average molecular weight is 395 g/mol. The second-order valence-electron chi connectivity index (χ2n) is 6.34. The molecule has 6 nitrogen and oxygen atoms in total.